The largest absolute Gasteiger partial charge is 0.481 e. The number of likely N-dealkylation sites (tertiary alicyclic amines) is 1. The molecule has 1 aliphatic rings. The van der Waals surface area contributed by atoms with Gasteiger partial charge in [0.05, 0.1) is 22.7 Å². The van der Waals surface area contributed by atoms with Gasteiger partial charge in [0.25, 0.3) is 5.97 Å². The number of carbonyl (C=O) groups is 2. The lowest BCUT2D eigenvalue weighted by Gasteiger charge is -2.19. The van der Waals surface area contributed by atoms with Gasteiger partial charge in [-0.15, -0.1) is 0 Å². The summed E-state index contributed by atoms with van der Waals surface area (Å²) in [6, 6.07) is 1.47. The predicted octanol–water partition coefficient (Wildman–Crippen LogP) is 1.26. The van der Waals surface area contributed by atoms with Crippen molar-refractivity contribution in [1.29, 1.82) is 0 Å². The zero-order valence-corrected chi connectivity index (χ0v) is 13.9. The molecule has 128 valence electrons. The van der Waals surface area contributed by atoms with E-state index in [0.29, 0.717) is 10.8 Å². The number of pyridine rings is 1. The molecule has 2 rings (SSSR count). The van der Waals surface area contributed by atoms with Crippen LogP contribution in [-0.2, 0) is 9.53 Å². The summed E-state index contributed by atoms with van der Waals surface area (Å²) >= 11 is 6.04. The number of hydrogen-bond donors (Lipinski definition) is 3. The molecule has 0 spiro atoms. The number of aromatic carboxylic acids is 1. The van der Waals surface area contributed by atoms with Crippen LogP contribution in [0.2, 0.25) is 5.02 Å². The number of nitrogens with one attached hydrogen (secondary N) is 1. The second-order valence-electron chi connectivity index (χ2n) is 5.12. The highest BCUT2D eigenvalue weighted by Gasteiger charge is 2.31. The van der Waals surface area contributed by atoms with Crippen LogP contribution in [0, 0.1) is 0 Å². The van der Waals surface area contributed by atoms with E-state index in [9.17, 15) is 4.79 Å². The molecular formula is C14H20ClN3O5. The topological polar surface area (TPSA) is 112 Å². The summed E-state index contributed by atoms with van der Waals surface area (Å²) in [6.45, 7) is 2.73. The second kappa shape index (κ2) is 8.66. The Morgan fingerprint density at radius 3 is 2.52 bits per heavy atom. The van der Waals surface area contributed by atoms with Crippen LogP contribution in [0.15, 0.2) is 12.3 Å². The van der Waals surface area contributed by atoms with E-state index in [0.717, 1.165) is 20.0 Å². The molecule has 0 radical (unpaired) electrons. The van der Waals surface area contributed by atoms with Crippen molar-refractivity contribution in [2.75, 3.05) is 32.6 Å². The minimum atomic E-state index is -1.05. The van der Waals surface area contributed by atoms with E-state index in [1.807, 2.05) is 7.05 Å². The Bertz CT molecular complexity index is 565. The smallest absolute Gasteiger partial charge is 0.337 e. The minimum absolute atomic E-state index is 0.0574. The van der Waals surface area contributed by atoms with E-state index in [2.05, 4.69) is 15.2 Å². The SMILES string of the molecule is CC(=O)O.CO[C@H]1CN(C)C[C@@H]1Nc1ncc(C(=O)O)cc1Cl. The van der Waals surface area contributed by atoms with Gasteiger partial charge >= 0.3 is 5.97 Å². The first-order valence-corrected chi connectivity index (χ1v) is 7.18. The lowest BCUT2D eigenvalue weighted by Crippen LogP contribution is -2.34. The van der Waals surface area contributed by atoms with Crippen LogP contribution in [0.25, 0.3) is 0 Å². The van der Waals surface area contributed by atoms with E-state index in [4.69, 9.17) is 31.3 Å². The Morgan fingerprint density at radius 1 is 1.43 bits per heavy atom. The number of methoxy groups -OCH3 is 1. The number of ether oxygens (including phenoxy) is 1. The van der Waals surface area contributed by atoms with Crippen molar-refractivity contribution in [2.24, 2.45) is 0 Å². The van der Waals surface area contributed by atoms with Crippen LogP contribution in [-0.4, -0.2) is 71.4 Å². The summed E-state index contributed by atoms with van der Waals surface area (Å²) in [5.41, 5.74) is 0.0716. The molecule has 0 saturated carbocycles. The molecule has 0 aliphatic carbocycles. The highest BCUT2D eigenvalue weighted by Crippen LogP contribution is 2.23. The summed E-state index contributed by atoms with van der Waals surface area (Å²) in [5, 5.41) is 19.8. The maximum Gasteiger partial charge on any atom is 0.337 e. The third kappa shape index (κ3) is 6.01. The molecule has 9 heteroatoms. The number of carboxylic acids is 2. The Balaban J connectivity index is 0.000000593. The monoisotopic (exact) mass is 345 g/mol. The summed E-state index contributed by atoms with van der Waals surface area (Å²) in [6.07, 6.45) is 1.35. The Hall–Kier alpha value is -1.90. The van der Waals surface area contributed by atoms with Gasteiger partial charge < -0.3 is 25.2 Å². The maximum atomic E-state index is 10.8. The van der Waals surface area contributed by atoms with Crippen molar-refractivity contribution in [1.82, 2.24) is 9.88 Å². The van der Waals surface area contributed by atoms with Gasteiger partial charge in [-0.05, 0) is 13.1 Å². The Kier molecular flexibility index (Phi) is 7.21. The van der Waals surface area contributed by atoms with Gasteiger partial charge in [0.1, 0.15) is 5.82 Å². The molecule has 3 N–H and O–H groups in total. The van der Waals surface area contributed by atoms with E-state index in [1.165, 1.54) is 12.3 Å². The van der Waals surface area contributed by atoms with Gasteiger partial charge in [-0.3, -0.25) is 4.79 Å². The number of carboxylic acid groups (broad SMARTS) is 2. The lowest BCUT2D eigenvalue weighted by molar-refractivity contribution is -0.134. The molecule has 0 unspecified atom stereocenters. The van der Waals surface area contributed by atoms with Gasteiger partial charge in [-0.25, -0.2) is 9.78 Å². The highest BCUT2D eigenvalue weighted by molar-refractivity contribution is 6.33. The highest BCUT2D eigenvalue weighted by atomic mass is 35.5. The number of nitrogens with zero attached hydrogens (tertiary/aromatic N) is 2. The first-order valence-electron chi connectivity index (χ1n) is 6.80. The van der Waals surface area contributed by atoms with Crippen molar-refractivity contribution in [3.05, 3.63) is 22.8 Å². The maximum absolute atomic E-state index is 10.8. The average Bonchev–Trinajstić information content (AvgIpc) is 2.80. The van der Waals surface area contributed by atoms with E-state index < -0.39 is 11.9 Å². The van der Waals surface area contributed by atoms with Crippen LogP contribution in [0.5, 0.6) is 0 Å². The van der Waals surface area contributed by atoms with Crippen LogP contribution in [0.3, 0.4) is 0 Å². The molecule has 23 heavy (non-hydrogen) atoms. The van der Waals surface area contributed by atoms with Crippen molar-refractivity contribution in [3.63, 3.8) is 0 Å². The van der Waals surface area contributed by atoms with Gasteiger partial charge in [0.2, 0.25) is 0 Å². The summed E-state index contributed by atoms with van der Waals surface area (Å²) < 4.78 is 5.40. The third-order valence-corrected chi connectivity index (χ3v) is 3.45. The molecule has 2 atom stereocenters. The fraction of sp³-hybridized carbons (Fsp3) is 0.500. The number of hydrogen-bond acceptors (Lipinski definition) is 6. The van der Waals surface area contributed by atoms with Crippen molar-refractivity contribution < 1.29 is 24.5 Å². The van der Waals surface area contributed by atoms with E-state index >= 15 is 0 Å². The summed E-state index contributed by atoms with van der Waals surface area (Å²) in [7, 11) is 3.68. The van der Waals surface area contributed by atoms with Gasteiger partial charge in [-0.1, -0.05) is 11.6 Å². The molecule has 0 aromatic carbocycles. The van der Waals surface area contributed by atoms with Gasteiger partial charge in [0, 0.05) is 33.3 Å². The molecule has 8 nitrogen and oxygen atoms in total. The predicted molar refractivity (Wildman–Crippen MR) is 85.2 cm³/mol. The zero-order valence-electron chi connectivity index (χ0n) is 13.1. The lowest BCUT2D eigenvalue weighted by atomic mass is 10.2. The summed E-state index contributed by atoms with van der Waals surface area (Å²) in [4.78, 5) is 26.0. The molecule has 0 bridgehead atoms. The third-order valence-electron chi connectivity index (χ3n) is 3.16. The first-order chi connectivity index (χ1) is 10.7. The molecule has 1 aromatic rings. The van der Waals surface area contributed by atoms with Crippen LogP contribution < -0.4 is 5.32 Å². The number of aromatic nitrogens is 1. The van der Waals surface area contributed by atoms with E-state index in [1.54, 1.807) is 7.11 Å². The van der Waals surface area contributed by atoms with E-state index in [-0.39, 0.29) is 17.7 Å². The van der Waals surface area contributed by atoms with Gasteiger partial charge in [-0.2, -0.15) is 0 Å². The van der Waals surface area contributed by atoms with Gasteiger partial charge in [0.15, 0.2) is 0 Å². The minimum Gasteiger partial charge on any atom is -0.481 e. The molecular weight excluding hydrogens is 326 g/mol. The second-order valence-corrected chi connectivity index (χ2v) is 5.53. The molecule has 1 aliphatic heterocycles. The normalized spacial score (nSPS) is 20.5. The van der Waals surface area contributed by atoms with Crippen molar-refractivity contribution in [3.8, 4) is 0 Å². The molecule has 1 aromatic heterocycles. The van der Waals surface area contributed by atoms with Crippen LogP contribution in [0.4, 0.5) is 5.82 Å². The standard InChI is InChI=1S/C12H16ClN3O3.C2H4O2/c1-16-5-9(10(6-16)19-2)15-11-8(13)3-7(4-14-11)12(17)18;1-2(3)4/h3-4,9-10H,5-6H2,1-2H3,(H,14,15)(H,17,18);1H3,(H,3,4)/t9-,10-;/m0./s1. The summed E-state index contributed by atoms with van der Waals surface area (Å²) in [5.74, 6) is -1.40. The molecule has 1 saturated heterocycles. The number of likely N-dealkylation sites (N-methyl/N-ethyl adjacent to an activating group) is 1. The van der Waals surface area contributed by atoms with Crippen LogP contribution in [0.1, 0.15) is 17.3 Å². The molecule has 2 heterocycles. The Morgan fingerprint density at radius 2 is 2.04 bits per heavy atom. The number of rotatable bonds is 4. The number of anilines is 1. The van der Waals surface area contributed by atoms with Crippen molar-refractivity contribution in [2.45, 2.75) is 19.1 Å². The molecule has 1 fully saturated rings. The molecule has 0 amide bonds. The fourth-order valence-electron chi connectivity index (χ4n) is 2.18. The number of aliphatic carboxylic acids is 1. The first kappa shape index (κ1) is 19.1. The van der Waals surface area contributed by atoms with Crippen LogP contribution >= 0.6 is 11.6 Å². The quantitative estimate of drug-likeness (QED) is 0.747. The number of halogens is 1. The average molecular weight is 346 g/mol. The van der Waals surface area contributed by atoms with Crippen molar-refractivity contribution >= 4 is 29.4 Å². The Labute approximate surface area is 139 Å². The zero-order chi connectivity index (χ0) is 17.6. The fourth-order valence-corrected chi connectivity index (χ4v) is 2.40.